The summed E-state index contributed by atoms with van der Waals surface area (Å²) < 4.78 is 6.81. The number of rotatable bonds is 3. The Hall–Kier alpha value is -1.62. The van der Waals surface area contributed by atoms with E-state index in [1.807, 2.05) is 26.0 Å². The first-order chi connectivity index (χ1) is 9.52. The number of nitrogens with zero attached hydrogens (tertiary/aromatic N) is 1. The molecule has 1 aromatic heterocycles. The minimum Gasteiger partial charge on any atom is -0.439 e. The van der Waals surface area contributed by atoms with Crippen molar-refractivity contribution in [2.75, 3.05) is 0 Å². The molecule has 1 N–H and O–H groups in total. The molecule has 1 fully saturated rings. The van der Waals surface area contributed by atoms with Gasteiger partial charge in [0, 0.05) is 10.4 Å². The number of hydrogen-bond donors (Lipinski definition) is 1. The van der Waals surface area contributed by atoms with Crippen LogP contribution in [-0.2, 0) is 0 Å². The number of benzene rings is 1. The Kier molecular flexibility index (Phi) is 3.38. The highest BCUT2D eigenvalue weighted by Gasteiger charge is 2.26. The summed E-state index contributed by atoms with van der Waals surface area (Å²) in [5, 5.41) is 0. The number of halogens is 1. The summed E-state index contributed by atoms with van der Waals surface area (Å²) >= 11 is 3.52. The van der Waals surface area contributed by atoms with Gasteiger partial charge in [-0.15, -0.1) is 0 Å². The number of hydrogen-bond acceptors (Lipinski definition) is 3. The Labute approximate surface area is 125 Å². The quantitative estimate of drug-likeness (QED) is 0.928. The van der Waals surface area contributed by atoms with Crippen molar-refractivity contribution < 1.29 is 4.74 Å². The van der Waals surface area contributed by atoms with E-state index in [2.05, 4.69) is 25.9 Å². The van der Waals surface area contributed by atoms with Gasteiger partial charge >= 0.3 is 0 Å². The summed E-state index contributed by atoms with van der Waals surface area (Å²) in [5.74, 6) is 2.18. The summed E-state index contributed by atoms with van der Waals surface area (Å²) in [7, 11) is 0. The van der Waals surface area contributed by atoms with Crippen LogP contribution in [0.4, 0.5) is 0 Å². The summed E-state index contributed by atoms with van der Waals surface area (Å²) in [6.07, 6.45) is 2.17. The average molecular weight is 335 g/mol. The molecule has 20 heavy (non-hydrogen) atoms. The van der Waals surface area contributed by atoms with Gasteiger partial charge in [0.2, 0.25) is 5.88 Å². The summed E-state index contributed by atoms with van der Waals surface area (Å²) in [6.45, 7) is 4.01. The second kappa shape index (κ2) is 5.05. The molecule has 0 unspecified atom stereocenters. The van der Waals surface area contributed by atoms with Gasteiger partial charge in [0.1, 0.15) is 11.6 Å². The van der Waals surface area contributed by atoms with Crippen LogP contribution in [0.2, 0.25) is 0 Å². The molecular formula is C15H15BrN2O2. The Morgan fingerprint density at radius 1 is 1.25 bits per heavy atom. The molecule has 1 aliphatic rings. The highest BCUT2D eigenvalue weighted by Crippen LogP contribution is 2.38. The van der Waals surface area contributed by atoms with Gasteiger partial charge in [-0.2, -0.15) is 4.98 Å². The van der Waals surface area contributed by atoms with Crippen LogP contribution in [0.15, 0.2) is 27.5 Å². The number of aromatic amines is 1. The fraction of sp³-hybridized carbons (Fsp3) is 0.333. The van der Waals surface area contributed by atoms with E-state index in [0.717, 1.165) is 34.3 Å². The van der Waals surface area contributed by atoms with E-state index in [4.69, 9.17) is 4.74 Å². The third-order valence-corrected chi connectivity index (χ3v) is 4.58. The van der Waals surface area contributed by atoms with Gasteiger partial charge in [0.05, 0.1) is 6.07 Å². The maximum Gasteiger partial charge on any atom is 0.254 e. The molecule has 1 saturated carbocycles. The van der Waals surface area contributed by atoms with Crippen molar-refractivity contribution in [3.8, 4) is 11.6 Å². The van der Waals surface area contributed by atoms with Crippen LogP contribution < -0.4 is 10.3 Å². The van der Waals surface area contributed by atoms with Crippen LogP contribution in [0.3, 0.4) is 0 Å². The zero-order chi connectivity index (χ0) is 14.3. The maximum atomic E-state index is 11.6. The minimum atomic E-state index is -0.164. The van der Waals surface area contributed by atoms with Crippen LogP contribution in [0.1, 0.15) is 35.7 Å². The van der Waals surface area contributed by atoms with Crippen LogP contribution >= 0.6 is 15.9 Å². The van der Waals surface area contributed by atoms with E-state index >= 15 is 0 Å². The average Bonchev–Trinajstić information content (AvgIpc) is 3.19. The van der Waals surface area contributed by atoms with Crippen LogP contribution in [0.25, 0.3) is 0 Å². The molecule has 0 saturated heterocycles. The summed E-state index contributed by atoms with van der Waals surface area (Å²) in [4.78, 5) is 18.8. The molecular weight excluding hydrogens is 320 g/mol. The van der Waals surface area contributed by atoms with Crippen molar-refractivity contribution in [1.29, 1.82) is 0 Å². The first kappa shape index (κ1) is 13.4. The van der Waals surface area contributed by atoms with Gasteiger partial charge < -0.3 is 9.72 Å². The molecule has 2 aromatic rings. The van der Waals surface area contributed by atoms with Crippen molar-refractivity contribution in [1.82, 2.24) is 9.97 Å². The predicted molar refractivity (Wildman–Crippen MR) is 80.5 cm³/mol. The second-order valence-corrected chi connectivity index (χ2v) is 6.01. The molecule has 0 aliphatic heterocycles. The summed E-state index contributed by atoms with van der Waals surface area (Å²) in [6, 6.07) is 5.24. The molecule has 0 atom stereocenters. The Morgan fingerprint density at radius 2 is 1.90 bits per heavy atom. The number of nitrogens with one attached hydrogen (secondary N) is 1. The zero-order valence-electron chi connectivity index (χ0n) is 11.4. The second-order valence-electron chi connectivity index (χ2n) is 5.22. The first-order valence-electron chi connectivity index (χ1n) is 6.59. The third-order valence-electron chi connectivity index (χ3n) is 3.33. The zero-order valence-corrected chi connectivity index (χ0v) is 13.0. The lowest BCUT2D eigenvalue weighted by Gasteiger charge is -2.09. The van der Waals surface area contributed by atoms with Gasteiger partial charge in [0.15, 0.2) is 0 Å². The fourth-order valence-electron chi connectivity index (χ4n) is 2.14. The van der Waals surface area contributed by atoms with Crippen molar-refractivity contribution in [3.63, 3.8) is 0 Å². The van der Waals surface area contributed by atoms with Crippen molar-refractivity contribution in [3.05, 3.63) is 50.0 Å². The third kappa shape index (κ3) is 2.77. The van der Waals surface area contributed by atoms with E-state index < -0.39 is 0 Å². The number of ether oxygens (including phenoxy) is 1. The van der Waals surface area contributed by atoms with E-state index in [1.165, 1.54) is 6.07 Å². The lowest BCUT2D eigenvalue weighted by molar-refractivity contribution is 0.456. The monoisotopic (exact) mass is 334 g/mol. The molecule has 1 heterocycles. The molecule has 1 aliphatic carbocycles. The normalized spacial score (nSPS) is 14.3. The molecule has 5 heteroatoms. The smallest absolute Gasteiger partial charge is 0.254 e. The Balaban J connectivity index is 1.93. The van der Waals surface area contributed by atoms with E-state index in [9.17, 15) is 4.79 Å². The van der Waals surface area contributed by atoms with Gasteiger partial charge in [-0.1, -0.05) is 15.9 Å². The van der Waals surface area contributed by atoms with E-state index in [0.29, 0.717) is 17.5 Å². The van der Waals surface area contributed by atoms with Gasteiger partial charge in [-0.25, -0.2) is 0 Å². The molecule has 0 spiro atoms. The molecule has 104 valence electrons. The highest BCUT2D eigenvalue weighted by atomic mass is 79.9. The Bertz CT molecular complexity index is 697. The fourth-order valence-corrected chi connectivity index (χ4v) is 2.37. The molecule has 4 nitrogen and oxygen atoms in total. The lowest BCUT2D eigenvalue weighted by Crippen LogP contribution is -2.10. The highest BCUT2D eigenvalue weighted by molar-refractivity contribution is 9.10. The van der Waals surface area contributed by atoms with Crippen molar-refractivity contribution in [2.24, 2.45) is 0 Å². The largest absolute Gasteiger partial charge is 0.439 e. The van der Waals surface area contributed by atoms with E-state index in [-0.39, 0.29) is 5.56 Å². The molecule has 1 aromatic carbocycles. The van der Waals surface area contributed by atoms with Crippen LogP contribution in [0, 0.1) is 13.8 Å². The maximum absolute atomic E-state index is 11.6. The number of aryl methyl sites for hydroxylation is 2. The predicted octanol–water partition coefficient (Wildman–Crippen LogP) is 3.82. The van der Waals surface area contributed by atoms with Crippen LogP contribution in [0.5, 0.6) is 11.6 Å². The van der Waals surface area contributed by atoms with Crippen LogP contribution in [-0.4, -0.2) is 9.97 Å². The number of aromatic nitrogens is 2. The van der Waals surface area contributed by atoms with Crippen molar-refractivity contribution >= 4 is 15.9 Å². The minimum absolute atomic E-state index is 0.164. The van der Waals surface area contributed by atoms with E-state index in [1.54, 1.807) is 0 Å². The van der Waals surface area contributed by atoms with Gasteiger partial charge in [-0.3, -0.25) is 4.79 Å². The summed E-state index contributed by atoms with van der Waals surface area (Å²) in [5.41, 5.74) is 2.02. The molecule has 3 rings (SSSR count). The molecule has 0 bridgehead atoms. The SMILES string of the molecule is Cc1cc(Oc2cc(=O)[nH]c(C3CC3)n2)cc(C)c1Br. The Morgan fingerprint density at radius 3 is 2.50 bits per heavy atom. The van der Waals surface area contributed by atoms with Crippen molar-refractivity contribution in [2.45, 2.75) is 32.6 Å². The van der Waals surface area contributed by atoms with Gasteiger partial charge in [0.25, 0.3) is 5.56 Å². The standard InChI is InChI=1S/C15H15BrN2O2/c1-8-5-11(6-9(2)14(8)16)20-13-7-12(19)17-15(18-13)10-3-4-10/h5-7,10H,3-4H2,1-2H3,(H,17,18,19). The number of H-pyrrole nitrogens is 1. The lowest BCUT2D eigenvalue weighted by atomic mass is 10.1. The van der Waals surface area contributed by atoms with Gasteiger partial charge in [-0.05, 0) is 49.9 Å². The molecule has 0 amide bonds. The molecule has 0 radical (unpaired) electrons. The first-order valence-corrected chi connectivity index (χ1v) is 7.38. The topological polar surface area (TPSA) is 55.0 Å².